The van der Waals surface area contributed by atoms with E-state index in [1.807, 2.05) is 67.6 Å². The highest BCUT2D eigenvalue weighted by atomic mass is 16.5. The largest absolute Gasteiger partial charge is 0.489 e. The van der Waals surface area contributed by atoms with Crippen LogP contribution in [0.2, 0.25) is 0 Å². The SMILES string of the molecule is CCN1CCN(c2ccc(NC(=O)c3oc4ccccc4c3COc3ccccc3)c(C)c2)CC1. The van der Waals surface area contributed by atoms with Crippen LogP contribution in [-0.2, 0) is 6.61 Å². The van der Waals surface area contributed by atoms with Gasteiger partial charge in [0.05, 0.1) is 0 Å². The number of hydrogen-bond donors (Lipinski definition) is 1. The van der Waals surface area contributed by atoms with Crippen LogP contribution in [0.5, 0.6) is 5.75 Å². The fraction of sp³-hybridized carbons (Fsp3) is 0.276. The van der Waals surface area contributed by atoms with Crippen LogP contribution in [-0.4, -0.2) is 43.5 Å². The van der Waals surface area contributed by atoms with Crippen LogP contribution in [0.4, 0.5) is 11.4 Å². The van der Waals surface area contributed by atoms with Crippen LogP contribution in [0.3, 0.4) is 0 Å². The second-order valence-corrected chi connectivity index (χ2v) is 8.88. The molecule has 35 heavy (non-hydrogen) atoms. The van der Waals surface area contributed by atoms with Crippen molar-refractivity contribution in [2.45, 2.75) is 20.5 Å². The van der Waals surface area contributed by atoms with E-state index in [4.69, 9.17) is 9.15 Å². The van der Waals surface area contributed by atoms with Crippen LogP contribution < -0.4 is 15.0 Å². The average Bonchev–Trinajstić information content (AvgIpc) is 3.28. The van der Waals surface area contributed by atoms with Gasteiger partial charge in [-0.3, -0.25) is 4.79 Å². The molecule has 1 saturated heterocycles. The zero-order valence-electron chi connectivity index (χ0n) is 20.3. The standard InChI is InChI=1S/C29H31N3O3/c1-3-31-15-17-32(18-16-31)22-13-14-26(21(2)19-22)30-29(33)28-25(20-34-23-9-5-4-6-10-23)24-11-7-8-12-27(24)35-28/h4-14,19H,3,15-18,20H2,1-2H3,(H,30,33). The van der Waals surface area contributed by atoms with E-state index in [9.17, 15) is 4.79 Å². The molecule has 1 amide bonds. The Labute approximate surface area is 206 Å². The van der Waals surface area contributed by atoms with E-state index in [1.165, 1.54) is 5.69 Å². The van der Waals surface area contributed by atoms with Crippen molar-refractivity contribution in [3.05, 3.63) is 89.7 Å². The molecule has 0 saturated carbocycles. The smallest absolute Gasteiger partial charge is 0.291 e. The summed E-state index contributed by atoms with van der Waals surface area (Å²) in [6.45, 7) is 9.76. The van der Waals surface area contributed by atoms with Gasteiger partial charge >= 0.3 is 0 Å². The highest BCUT2D eigenvalue weighted by molar-refractivity contribution is 6.07. The van der Waals surface area contributed by atoms with Gasteiger partial charge in [-0.15, -0.1) is 0 Å². The number of ether oxygens (including phenoxy) is 1. The first-order valence-electron chi connectivity index (χ1n) is 12.2. The molecule has 1 aromatic heterocycles. The first-order valence-corrected chi connectivity index (χ1v) is 12.2. The lowest BCUT2D eigenvalue weighted by molar-refractivity contribution is 0.0995. The van der Waals surface area contributed by atoms with Gasteiger partial charge in [0.15, 0.2) is 5.76 Å². The molecule has 180 valence electrons. The van der Waals surface area contributed by atoms with Gasteiger partial charge in [0, 0.05) is 48.5 Å². The van der Waals surface area contributed by atoms with Crippen LogP contribution >= 0.6 is 0 Å². The molecular weight excluding hydrogens is 438 g/mol. The average molecular weight is 470 g/mol. The van der Waals surface area contributed by atoms with Crippen LogP contribution in [0.25, 0.3) is 11.0 Å². The third kappa shape index (κ3) is 5.03. The van der Waals surface area contributed by atoms with Gasteiger partial charge in [0.2, 0.25) is 0 Å². The Balaban J connectivity index is 1.35. The Morgan fingerprint density at radius 2 is 1.71 bits per heavy atom. The predicted molar refractivity (Wildman–Crippen MR) is 140 cm³/mol. The fourth-order valence-corrected chi connectivity index (χ4v) is 4.58. The Bertz CT molecular complexity index is 1310. The van der Waals surface area contributed by atoms with Gasteiger partial charge in [-0.25, -0.2) is 0 Å². The molecule has 1 N–H and O–H groups in total. The summed E-state index contributed by atoms with van der Waals surface area (Å²) in [4.78, 5) is 18.2. The monoisotopic (exact) mass is 469 g/mol. The third-order valence-electron chi connectivity index (χ3n) is 6.67. The molecule has 6 heteroatoms. The summed E-state index contributed by atoms with van der Waals surface area (Å²) in [6, 6.07) is 23.5. The fourth-order valence-electron chi connectivity index (χ4n) is 4.58. The van der Waals surface area contributed by atoms with E-state index in [2.05, 4.69) is 34.2 Å². The Hall–Kier alpha value is -3.77. The number of amides is 1. The minimum Gasteiger partial charge on any atom is -0.489 e. The molecule has 5 rings (SSSR count). The number of fused-ring (bicyclic) bond motifs is 1. The molecule has 1 aliphatic rings. The molecule has 4 aromatic rings. The minimum absolute atomic E-state index is 0.242. The number of rotatable bonds is 7. The molecular formula is C29H31N3O3. The van der Waals surface area contributed by atoms with Gasteiger partial charge in [0.25, 0.3) is 5.91 Å². The van der Waals surface area contributed by atoms with E-state index < -0.39 is 0 Å². The zero-order chi connectivity index (χ0) is 24.2. The van der Waals surface area contributed by atoms with E-state index >= 15 is 0 Å². The molecule has 0 radical (unpaired) electrons. The molecule has 0 bridgehead atoms. The summed E-state index contributed by atoms with van der Waals surface area (Å²) >= 11 is 0. The highest BCUT2D eigenvalue weighted by Gasteiger charge is 2.22. The first-order chi connectivity index (χ1) is 17.1. The van der Waals surface area contributed by atoms with Crippen molar-refractivity contribution >= 4 is 28.3 Å². The number of piperazine rings is 1. The molecule has 0 aliphatic carbocycles. The summed E-state index contributed by atoms with van der Waals surface area (Å²) in [5.41, 5.74) is 4.40. The number of anilines is 2. The van der Waals surface area contributed by atoms with Gasteiger partial charge in [0.1, 0.15) is 17.9 Å². The van der Waals surface area contributed by atoms with Crippen LogP contribution in [0, 0.1) is 6.92 Å². The summed E-state index contributed by atoms with van der Waals surface area (Å²) in [7, 11) is 0. The number of aryl methyl sites for hydroxylation is 1. The molecule has 1 fully saturated rings. The number of para-hydroxylation sites is 2. The number of carbonyl (C=O) groups excluding carboxylic acids is 1. The lowest BCUT2D eigenvalue weighted by atomic mass is 10.1. The maximum absolute atomic E-state index is 13.3. The molecule has 0 spiro atoms. The second kappa shape index (κ2) is 10.2. The maximum Gasteiger partial charge on any atom is 0.291 e. The van der Waals surface area contributed by atoms with Crippen molar-refractivity contribution in [3.8, 4) is 5.75 Å². The van der Waals surface area contributed by atoms with Crippen molar-refractivity contribution in [3.63, 3.8) is 0 Å². The number of hydrogen-bond acceptors (Lipinski definition) is 5. The van der Waals surface area contributed by atoms with Gasteiger partial charge in [-0.2, -0.15) is 0 Å². The number of benzene rings is 3. The Morgan fingerprint density at radius 3 is 2.46 bits per heavy atom. The zero-order valence-corrected chi connectivity index (χ0v) is 20.3. The minimum atomic E-state index is -0.278. The van der Waals surface area contributed by atoms with Crippen LogP contribution in [0.1, 0.15) is 28.6 Å². The lowest BCUT2D eigenvalue weighted by Gasteiger charge is -2.35. The molecule has 0 atom stereocenters. The van der Waals surface area contributed by atoms with Crippen molar-refractivity contribution in [1.29, 1.82) is 0 Å². The van der Waals surface area contributed by atoms with E-state index in [1.54, 1.807) is 0 Å². The predicted octanol–water partition coefficient (Wildman–Crippen LogP) is 5.71. The summed E-state index contributed by atoms with van der Waals surface area (Å²) < 4.78 is 12.0. The molecule has 1 aliphatic heterocycles. The molecule has 3 aromatic carbocycles. The van der Waals surface area contributed by atoms with E-state index in [-0.39, 0.29) is 18.3 Å². The maximum atomic E-state index is 13.3. The Kier molecular flexibility index (Phi) is 6.73. The number of nitrogens with one attached hydrogen (secondary N) is 1. The topological polar surface area (TPSA) is 58.0 Å². The summed E-state index contributed by atoms with van der Waals surface area (Å²) in [6.07, 6.45) is 0. The van der Waals surface area contributed by atoms with Crippen molar-refractivity contribution < 1.29 is 13.9 Å². The number of likely N-dealkylation sites (N-methyl/N-ethyl adjacent to an activating group) is 1. The Morgan fingerprint density at radius 1 is 0.971 bits per heavy atom. The van der Waals surface area contributed by atoms with E-state index in [0.717, 1.165) is 60.7 Å². The molecule has 2 heterocycles. The van der Waals surface area contributed by atoms with Gasteiger partial charge in [-0.05, 0) is 55.4 Å². The summed E-state index contributed by atoms with van der Waals surface area (Å²) in [5, 5.41) is 3.94. The number of nitrogens with zero attached hydrogens (tertiary/aromatic N) is 2. The van der Waals surface area contributed by atoms with Crippen molar-refractivity contribution in [2.75, 3.05) is 42.9 Å². The van der Waals surface area contributed by atoms with Gasteiger partial charge < -0.3 is 24.3 Å². The van der Waals surface area contributed by atoms with Gasteiger partial charge in [-0.1, -0.05) is 43.3 Å². The quantitative estimate of drug-likeness (QED) is 0.375. The highest BCUT2D eigenvalue weighted by Crippen LogP contribution is 2.29. The first kappa shape index (κ1) is 23.0. The second-order valence-electron chi connectivity index (χ2n) is 8.88. The molecule has 6 nitrogen and oxygen atoms in total. The van der Waals surface area contributed by atoms with Crippen molar-refractivity contribution in [2.24, 2.45) is 0 Å². The van der Waals surface area contributed by atoms with E-state index in [0.29, 0.717) is 5.58 Å². The summed E-state index contributed by atoms with van der Waals surface area (Å²) in [5.74, 6) is 0.747. The third-order valence-corrected chi connectivity index (χ3v) is 6.67. The lowest BCUT2D eigenvalue weighted by Crippen LogP contribution is -2.46. The van der Waals surface area contributed by atoms with Crippen molar-refractivity contribution in [1.82, 2.24) is 4.90 Å². The number of carbonyl (C=O) groups is 1. The molecule has 0 unspecified atom stereocenters. The normalized spacial score (nSPS) is 14.3. The van der Waals surface area contributed by atoms with Crippen LogP contribution in [0.15, 0.2) is 77.2 Å². The number of furan rings is 1.